The van der Waals surface area contributed by atoms with Gasteiger partial charge in [0.05, 0.1) is 5.02 Å². The molecule has 0 spiro atoms. The highest BCUT2D eigenvalue weighted by Crippen LogP contribution is 2.43. The van der Waals surface area contributed by atoms with Crippen molar-refractivity contribution in [2.24, 2.45) is 23.0 Å². The third kappa shape index (κ3) is 5.75. The van der Waals surface area contributed by atoms with Crippen LogP contribution in [0.4, 0.5) is 4.39 Å². The molecule has 1 aromatic rings. The zero-order valence-electron chi connectivity index (χ0n) is 18.5. The van der Waals surface area contributed by atoms with E-state index in [1.807, 2.05) is 20.8 Å². The van der Waals surface area contributed by atoms with Gasteiger partial charge in [0.2, 0.25) is 21.8 Å². The third-order valence-corrected chi connectivity index (χ3v) is 8.01. The molecule has 0 radical (unpaired) electrons. The SMILES string of the molecule is CC1CC(C(C)NC(=O)C(C)(C)NS(=O)(=O)c2cccc(Cl)c2F)CC(C)(C(N)=O)C1. The summed E-state index contributed by atoms with van der Waals surface area (Å²) in [7, 11) is -4.35. The monoisotopic (exact) mass is 475 g/mol. The molecule has 4 N–H and O–H groups in total. The first kappa shape index (κ1) is 25.5. The number of nitrogens with two attached hydrogens (primary N) is 1. The molecule has 4 atom stereocenters. The number of primary amides is 1. The van der Waals surface area contributed by atoms with E-state index in [1.54, 1.807) is 0 Å². The summed E-state index contributed by atoms with van der Waals surface area (Å²) in [6.07, 6.45) is 2.04. The van der Waals surface area contributed by atoms with Gasteiger partial charge in [0.15, 0.2) is 5.82 Å². The summed E-state index contributed by atoms with van der Waals surface area (Å²) in [5, 5.41) is 2.52. The summed E-state index contributed by atoms with van der Waals surface area (Å²) in [6, 6.07) is 3.31. The van der Waals surface area contributed by atoms with Gasteiger partial charge in [0.1, 0.15) is 10.4 Å². The minimum atomic E-state index is -4.35. The lowest BCUT2D eigenvalue weighted by atomic mass is 9.65. The average Bonchev–Trinajstić information content (AvgIpc) is 2.62. The van der Waals surface area contributed by atoms with Crippen molar-refractivity contribution < 1.29 is 22.4 Å². The minimum absolute atomic E-state index is 0.00276. The number of carbonyl (C=O) groups excluding carboxylic acids is 2. The summed E-state index contributed by atoms with van der Waals surface area (Å²) in [5.41, 5.74) is 3.39. The highest BCUT2D eigenvalue weighted by molar-refractivity contribution is 7.89. The van der Waals surface area contributed by atoms with E-state index in [1.165, 1.54) is 26.0 Å². The molecular formula is C21H31ClFN3O4S. The first-order chi connectivity index (χ1) is 14.1. The molecule has 0 aromatic heterocycles. The Morgan fingerprint density at radius 2 is 1.94 bits per heavy atom. The molecule has 1 fully saturated rings. The number of rotatable bonds is 7. The Morgan fingerprint density at radius 1 is 1.32 bits per heavy atom. The number of halogens is 2. The lowest BCUT2D eigenvalue weighted by Crippen LogP contribution is -2.57. The van der Waals surface area contributed by atoms with Gasteiger partial charge < -0.3 is 11.1 Å². The molecule has 1 aliphatic carbocycles. The molecule has 1 aliphatic rings. The highest BCUT2D eigenvalue weighted by atomic mass is 35.5. The molecule has 4 unspecified atom stereocenters. The van der Waals surface area contributed by atoms with Gasteiger partial charge >= 0.3 is 0 Å². The first-order valence-electron chi connectivity index (χ1n) is 10.2. The molecule has 0 heterocycles. The fraction of sp³-hybridized carbons (Fsp3) is 0.619. The van der Waals surface area contributed by atoms with Gasteiger partial charge in [0, 0.05) is 11.5 Å². The van der Waals surface area contributed by atoms with Crippen LogP contribution < -0.4 is 15.8 Å². The summed E-state index contributed by atoms with van der Waals surface area (Å²) >= 11 is 5.69. The van der Waals surface area contributed by atoms with Crippen LogP contribution in [-0.2, 0) is 19.6 Å². The van der Waals surface area contributed by atoms with Crippen LogP contribution >= 0.6 is 11.6 Å². The van der Waals surface area contributed by atoms with Crippen LogP contribution in [-0.4, -0.2) is 31.8 Å². The van der Waals surface area contributed by atoms with E-state index in [4.69, 9.17) is 17.3 Å². The van der Waals surface area contributed by atoms with Gasteiger partial charge in [-0.15, -0.1) is 0 Å². The van der Waals surface area contributed by atoms with Crippen molar-refractivity contribution in [3.8, 4) is 0 Å². The standard InChI is InChI=1S/C21H31ClFN3O4S/c1-12-9-14(11-21(5,10-12)18(24)27)13(2)25-19(28)20(3,4)26-31(29,30)16-8-6-7-15(22)17(16)23/h6-8,12-14,26H,9-11H2,1-5H3,(H2,24,27)(H,25,28). The van der Waals surface area contributed by atoms with E-state index in [0.29, 0.717) is 12.8 Å². The Bertz CT molecular complexity index is 969. The van der Waals surface area contributed by atoms with Gasteiger partial charge in [-0.1, -0.05) is 31.5 Å². The second kappa shape index (κ2) is 9.03. The average molecular weight is 476 g/mol. The number of sulfonamides is 1. The maximum atomic E-state index is 14.2. The number of nitrogens with one attached hydrogen (secondary N) is 2. The summed E-state index contributed by atoms with van der Waals surface area (Å²) in [6.45, 7) is 8.49. The minimum Gasteiger partial charge on any atom is -0.369 e. The van der Waals surface area contributed by atoms with Crippen molar-refractivity contribution in [1.82, 2.24) is 10.0 Å². The van der Waals surface area contributed by atoms with Crippen LogP contribution in [0.2, 0.25) is 5.02 Å². The maximum absolute atomic E-state index is 14.2. The van der Waals surface area contributed by atoms with E-state index >= 15 is 0 Å². The zero-order chi connectivity index (χ0) is 23.8. The van der Waals surface area contributed by atoms with Crippen LogP contribution in [0.25, 0.3) is 0 Å². The fourth-order valence-electron chi connectivity index (χ4n) is 4.33. The lowest BCUT2D eigenvalue weighted by Gasteiger charge is -2.42. The Morgan fingerprint density at radius 3 is 2.52 bits per heavy atom. The maximum Gasteiger partial charge on any atom is 0.244 e. The zero-order valence-corrected chi connectivity index (χ0v) is 20.0. The quantitative estimate of drug-likeness (QED) is 0.561. The molecule has 2 amide bonds. The van der Waals surface area contributed by atoms with E-state index in [0.717, 1.165) is 12.5 Å². The molecule has 1 aromatic carbocycles. The van der Waals surface area contributed by atoms with Gasteiger partial charge in [-0.2, -0.15) is 4.72 Å². The number of hydrogen-bond acceptors (Lipinski definition) is 4. The molecule has 31 heavy (non-hydrogen) atoms. The van der Waals surface area contributed by atoms with Crippen molar-refractivity contribution in [3.05, 3.63) is 29.0 Å². The number of carbonyl (C=O) groups is 2. The lowest BCUT2D eigenvalue weighted by molar-refractivity contribution is -0.131. The van der Waals surface area contributed by atoms with Gasteiger partial charge in [-0.25, -0.2) is 12.8 Å². The Labute approximate surface area is 188 Å². The van der Waals surface area contributed by atoms with E-state index in [-0.39, 0.29) is 28.8 Å². The highest BCUT2D eigenvalue weighted by Gasteiger charge is 2.43. The molecular weight excluding hydrogens is 445 g/mol. The van der Waals surface area contributed by atoms with Crippen LogP contribution in [0.1, 0.15) is 53.9 Å². The largest absolute Gasteiger partial charge is 0.369 e. The first-order valence-corrected chi connectivity index (χ1v) is 12.0. The summed E-state index contributed by atoms with van der Waals surface area (Å²) in [5.74, 6) is -1.75. The number of amides is 2. The molecule has 174 valence electrons. The second-order valence-corrected chi connectivity index (χ2v) is 11.5. The van der Waals surface area contributed by atoms with Crippen LogP contribution in [0, 0.1) is 23.1 Å². The predicted octanol–water partition coefficient (Wildman–Crippen LogP) is 2.97. The van der Waals surface area contributed by atoms with Gasteiger partial charge in [0.25, 0.3) is 0 Å². The predicted molar refractivity (Wildman–Crippen MR) is 117 cm³/mol. The molecule has 0 bridgehead atoms. The smallest absolute Gasteiger partial charge is 0.244 e. The van der Waals surface area contributed by atoms with Crippen molar-refractivity contribution in [2.45, 2.75) is 70.4 Å². The molecule has 1 saturated carbocycles. The Kier molecular flexibility index (Phi) is 7.45. The van der Waals surface area contributed by atoms with Crippen molar-refractivity contribution in [1.29, 1.82) is 0 Å². The Hall–Kier alpha value is -1.71. The van der Waals surface area contributed by atoms with E-state index in [9.17, 15) is 22.4 Å². The van der Waals surface area contributed by atoms with Crippen LogP contribution in [0.15, 0.2) is 23.1 Å². The fourth-order valence-corrected chi connectivity index (χ4v) is 6.04. The number of hydrogen-bond donors (Lipinski definition) is 3. The molecule has 0 saturated heterocycles. The molecule has 10 heteroatoms. The second-order valence-electron chi connectivity index (χ2n) is 9.48. The van der Waals surface area contributed by atoms with Crippen molar-refractivity contribution in [2.75, 3.05) is 0 Å². The number of benzene rings is 1. The summed E-state index contributed by atoms with van der Waals surface area (Å²) in [4.78, 5) is 24.2. The van der Waals surface area contributed by atoms with Crippen molar-refractivity contribution >= 4 is 33.4 Å². The Balaban J connectivity index is 2.14. The van der Waals surface area contributed by atoms with E-state index in [2.05, 4.69) is 10.0 Å². The van der Waals surface area contributed by atoms with Crippen LogP contribution in [0.3, 0.4) is 0 Å². The molecule has 2 rings (SSSR count). The van der Waals surface area contributed by atoms with Crippen molar-refractivity contribution in [3.63, 3.8) is 0 Å². The van der Waals surface area contributed by atoms with Gasteiger partial charge in [-0.05, 0) is 64.0 Å². The van der Waals surface area contributed by atoms with Crippen LogP contribution in [0.5, 0.6) is 0 Å². The normalized spacial score (nSPS) is 25.6. The summed E-state index contributed by atoms with van der Waals surface area (Å²) < 4.78 is 41.8. The molecule has 0 aliphatic heterocycles. The topological polar surface area (TPSA) is 118 Å². The molecule has 7 nitrogen and oxygen atoms in total. The van der Waals surface area contributed by atoms with E-state index < -0.39 is 37.6 Å². The third-order valence-electron chi connectivity index (χ3n) is 6.04. The van der Waals surface area contributed by atoms with Gasteiger partial charge in [-0.3, -0.25) is 9.59 Å².